The number of carbonyl (C=O) groups excluding carboxylic acids is 3. The molecular formula is C23H20Br2N2O3. The number of hydrogen-bond donors (Lipinski definition) is 1. The van der Waals surface area contributed by atoms with Gasteiger partial charge in [0.1, 0.15) is 0 Å². The van der Waals surface area contributed by atoms with E-state index < -0.39 is 0 Å². The molecule has 1 N–H and O–H groups in total. The highest BCUT2D eigenvalue weighted by Crippen LogP contribution is 2.60. The maximum absolute atomic E-state index is 13.2. The van der Waals surface area contributed by atoms with Gasteiger partial charge in [-0.05, 0) is 55.0 Å². The predicted octanol–water partition coefficient (Wildman–Crippen LogP) is 4.53. The predicted molar refractivity (Wildman–Crippen MR) is 122 cm³/mol. The van der Waals surface area contributed by atoms with Crippen molar-refractivity contribution in [2.75, 3.05) is 10.2 Å². The van der Waals surface area contributed by atoms with Crippen LogP contribution in [0.15, 0.2) is 48.5 Å². The minimum absolute atomic E-state index is 0.141. The summed E-state index contributed by atoms with van der Waals surface area (Å²) < 4.78 is 0. The van der Waals surface area contributed by atoms with Gasteiger partial charge in [0.25, 0.3) is 5.91 Å². The third kappa shape index (κ3) is 2.89. The second kappa shape index (κ2) is 7.31. The fourth-order valence-corrected chi connectivity index (χ4v) is 7.17. The van der Waals surface area contributed by atoms with Gasteiger partial charge in [0.15, 0.2) is 0 Å². The van der Waals surface area contributed by atoms with E-state index in [2.05, 4.69) is 37.2 Å². The van der Waals surface area contributed by atoms with Gasteiger partial charge in [-0.25, -0.2) is 0 Å². The van der Waals surface area contributed by atoms with Crippen molar-refractivity contribution in [2.45, 2.75) is 23.0 Å². The summed E-state index contributed by atoms with van der Waals surface area (Å²) >= 11 is 7.41. The first-order valence-corrected chi connectivity index (χ1v) is 11.8. The van der Waals surface area contributed by atoms with Crippen molar-refractivity contribution in [1.82, 2.24) is 0 Å². The van der Waals surface area contributed by atoms with Crippen LogP contribution in [0.25, 0.3) is 0 Å². The smallest absolute Gasteiger partial charge is 0.255 e. The van der Waals surface area contributed by atoms with Gasteiger partial charge < -0.3 is 5.32 Å². The fourth-order valence-electron chi connectivity index (χ4n) is 5.30. The maximum Gasteiger partial charge on any atom is 0.255 e. The van der Waals surface area contributed by atoms with Gasteiger partial charge in [-0.2, -0.15) is 0 Å². The van der Waals surface area contributed by atoms with Crippen LogP contribution >= 0.6 is 31.9 Å². The Kier molecular flexibility index (Phi) is 4.86. The molecule has 5 nitrogen and oxygen atoms in total. The number of hydrogen-bond acceptors (Lipinski definition) is 3. The van der Waals surface area contributed by atoms with Gasteiger partial charge in [-0.3, -0.25) is 19.3 Å². The minimum Gasteiger partial charge on any atom is -0.322 e. The van der Waals surface area contributed by atoms with Crippen molar-refractivity contribution in [3.05, 3.63) is 59.7 Å². The van der Waals surface area contributed by atoms with E-state index in [1.54, 1.807) is 24.3 Å². The molecule has 154 valence electrons. The number of carbonyl (C=O) groups is 3. The van der Waals surface area contributed by atoms with Crippen molar-refractivity contribution in [1.29, 1.82) is 0 Å². The normalized spacial score (nSPS) is 31.9. The van der Waals surface area contributed by atoms with Crippen LogP contribution in [-0.2, 0) is 9.59 Å². The molecular weight excluding hydrogens is 512 g/mol. The molecule has 2 aromatic rings. The largest absolute Gasteiger partial charge is 0.322 e. The lowest BCUT2D eigenvalue weighted by Gasteiger charge is -2.28. The molecule has 2 bridgehead atoms. The van der Waals surface area contributed by atoms with Crippen LogP contribution in [0.2, 0.25) is 0 Å². The van der Waals surface area contributed by atoms with Gasteiger partial charge in [-0.15, -0.1) is 0 Å². The Morgan fingerprint density at radius 1 is 0.967 bits per heavy atom. The number of aryl methyl sites for hydroxylation is 1. The van der Waals surface area contributed by atoms with Crippen molar-refractivity contribution in [3.8, 4) is 0 Å². The topological polar surface area (TPSA) is 66.5 Å². The number of fused-ring (bicyclic) bond motifs is 5. The highest BCUT2D eigenvalue weighted by molar-refractivity contribution is 9.12. The summed E-state index contributed by atoms with van der Waals surface area (Å²) in [6.07, 6.45) is 0.894. The summed E-state index contributed by atoms with van der Waals surface area (Å²) in [4.78, 5) is 40.9. The number of imide groups is 1. The third-order valence-corrected chi connectivity index (χ3v) is 9.95. The summed E-state index contributed by atoms with van der Waals surface area (Å²) in [7, 11) is 0. The number of amides is 3. The zero-order valence-electron chi connectivity index (χ0n) is 16.2. The first-order valence-electron chi connectivity index (χ1n) is 10.0. The summed E-state index contributed by atoms with van der Waals surface area (Å²) in [6, 6.07) is 14.3. The quantitative estimate of drug-likeness (QED) is 0.467. The van der Waals surface area contributed by atoms with E-state index in [-0.39, 0.29) is 51.0 Å². The van der Waals surface area contributed by atoms with Crippen LogP contribution in [0.1, 0.15) is 22.3 Å². The van der Waals surface area contributed by atoms with Crippen molar-refractivity contribution in [2.24, 2.45) is 23.7 Å². The summed E-state index contributed by atoms with van der Waals surface area (Å²) in [5, 5.41) is 2.90. The monoisotopic (exact) mass is 530 g/mol. The summed E-state index contributed by atoms with van der Waals surface area (Å²) in [5.74, 6) is -0.769. The zero-order valence-corrected chi connectivity index (χ0v) is 19.4. The Hall–Kier alpha value is -1.99. The highest BCUT2D eigenvalue weighted by atomic mass is 79.9. The van der Waals surface area contributed by atoms with E-state index in [9.17, 15) is 14.4 Å². The van der Waals surface area contributed by atoms with E-state index >= 15 is 0 Å². The molecule has 3 fully saturated rings. The minimum atomic E-state index is -0.273. The first-order chi connectivity index (χ1) is 14.4. The average Bonchev–Trinajstić information content (AvgIpc) is 3.34. The van der Waals surface area contributed by atoms with Crippen molar-refractivity contribution >= 4 is 61.0 Å². The van der Waals surface area contributed by atoms with E-state index in [1.807, 2.05) is 31.2 Å². The van der Waals surface area contributed by atoms with Gasteiger partial charge in [0.05, 0.1) is 17.5 Å². The third-order valence-electron chi connectivity index (χ3n) is 6.75. The Bertz CT molecular complexity index is 1040. The second-order valence-electron chi connectivity index (χ2n) is 8.34. The molecule has 2 saturated carbocycles. The summed E-state index contributed by atoms with van der Waals surface area (Å²) in [6.45, 7) is 1.93. The Labute approximate surface area is 191 Å². The molecule has 6 atom stereocenters. The molecule has 2 aliphatic carbocycles. The highest BCUT2D eigenvalue weighted by Gasteiger charge is 2.66. The molecule has 1 heterocycles. The molecule has 0 radical (unpaired) electrons. The van der Waals surface area contributed by atoms with Crippen LogP contribution in [0.4, 0.5) is 11.4 Å². The van der Waals surface area contributed by atoms with Gasteiger partial charge >= 0.3 is 0 Å². The number of rotatable bonds is 3. The van der Waals surface area contributed by atoms with Crippen LogP contribution in [0, 0.1) is 30.6 Å². The molecule has 3 amide bonds. The van der Waals surface area contributed by atoms with E-state index in [0.29, 0.717) is 11.3 Å². The van der Waals surface area contributed by atoms with Crippen molar-refractivity contribution < 1.29 is 14.4 Å². The van der Waals surface area contributed by atoms with Crippen LogP contribution in [0.3, 0.4) is 0 Å². The second-order valence-corrected chi connectivity index (χ2v) is 10.4. The molecule has 5 rings (SSSR count). The Balaban J connectivity index is 1.42. The van der Waals surface area contributed by atoms with E-state index in [4.69, 9.17) is 0 Å². The number of halogens is 2. The number of nitrogens with zero attached hydrogens (tertiary/aromatic N) is 1. The molecule has 0 spiro atoms. The number of alkyl halides is 2. The van der Waals surface area contributed by atoms with E-state index in [0.717, 1.165) is 17.7 Å². The number of benzene rings is 2. The van der Waals surface area contributed by atoms with Gasteiger partial charge in [0.2, 0.25) is 11.8 Å². The molecule has 0 unspecified atom stereocenters. The lowest BCUT2D eigenvalue weighted by Crippen LogP contribution is -2.37. The molecule has 0 aromatic heterocycles. The molecule has 30 heavy (non-hydrogen) atoms. The van der Waals surface area contributed by atoms with Crippen LogP contribution < -0.4 is 10.2 Å². The fraction of sp³-hybridized carbons (Fsp3) is 0.348. The molecule has 7 heteroatoms. The molecule has 2 aromatic carbocycles. The molecule has 1 saturated heterocycles. The molecule has 3 aliphatic rings. The van der Waals surface area contributed by atoms with Crippen LogP contribution in [-0.4, -0.2) is 27.4 Å². The maximum atomic E-state index is 13.2. The average molecular weight is 532 g/mol. The Morgan fingerprint density at radius 2 is 1.60 bits per heavy atom. The molecule has 1 aliphatic heterocycles. The lowest BCUT2D eigenvalue weighted by molar-refractivity contribution is -0.123. The first kappa shape index (κ1) is 19.9. The lowest BCUT2D eigenvalue weighted by atomic mass is 9.81. The van der Waals surface area contributed by atoms with Crippen LogP contribution in [0.5, 0.6) is 0 Å². The Morgan fingerprint density at radius 3 is 2.23 bits per heavy atom. The summed E-state index contributed by atoms with van der Waals surface area (Å²) in [5.41, 5.74) is 2.57. The van der Waals surface area contributed by atoms with Gasteiger partial charge in [-0.1, -0.05) is 56.1 Å². The standard InChI is InChI=1S/C23H20Br2N2O3/c1-11-5-2-3-8-16(11)26-21(28)12-6-4-7-13(9-12)27-22(29)17-14-10-15(18(17)23(27)30)20(25)19(14)24/h2-9,14-15,17-20H,10H2,1H3,(H,26,28)/t14-,15+,17-,18+,19-,20+. The SMILES string of the molecule is Cc1ccccc1NC(=O)c1cccc(N2C(=O)[C@@H]3[C@H]4C[C@H]([C@H](Br)[C@@H]4Br)[C@@H]3C2=O)c1. The van der Waals surface area contributed by atoms with Crippen molar-refractivity contribution in [3.63, 3.8) is 0 Å². The van der Waals surface area contributed by atoms with Gasteiger partial charge in [0, 0.05) is 20.9 Å². The number of anilines is 2. The van der Waals surface area contributed by atoms with E-state index in [1.165, 1.54) is 4.90 Å². The zero-order chi connectivity index (χ0) is 21.2. The number of para-hydroxylation sites is 1. The number of nitrogens with one attached hydrogen (secondary N) is 1.